The van der Waals surface area contributed by atoms with E-state index in [0.717, 1.165) is 49.7 Å². The molecule has 0 aromatic carbocycles. The number of unbranched alkanes of at least 4 members (excludes halogenated alkanes) is 2. The summed E-state index contributed by atoms with van der Waals surface area (Å²) in [5, 5.41) is 9.26. The van der Waals surface area contributed by atoms with Crippen molar-refractivity contribution in [2.75, 3.05) is 6.61 Å². The molecule has 0 saturated heterocycles. The Balaban J connectivity index is 2.72. The number of hydrogen-bond acceptors (Lipinski definition) is 2. The van der Waals surface area contributed by atoms with Crippen LogP contribution in [0, 0.1) is 5.92 Å². The molecule has 0 saturated carbocycles. The average Bonchev–Trinajstić information content (AvgIpc) is 2.36. The fourth-order valence-corrected chi connectivity index (χ4v) is 2.16. The highest BCUT2D eigenvalue weighted by atomic mass is 16.3. The van der Waals surface area contributed by atoms with Crippen LogP contribution in [0.2, 0.25) is 0 Å². The number of ketones is 1. The molecule has 2 heteroatoms. The molecule has 0 bridgehead atoms. The van der Waals surface area contributed by atoms with Gasteiger partial charge in [-0.3, -0.25) is 4.79 Å². The van der Waals surface area contributed by atoms with Crippen molar-refractivity contribution >= 4 is 5.78 Å². The molecule has 1 rings (SSSR count). The molecule has 0 unspecified atom stereocenters. The predicted molar refractivity (Wildman–Crippen MR) is 70.8 cm³/mol. The number of carbonyl (C=O) groups excluding carboxylic acids is 1. The van der Waals surface area contributed by atoms with Gasteiger partial charge in [-0.05, 0) is 36.8 Å². The molecular formula is C15H24O2. The van der Waals surface area contributed by atoms with Gasteiger partial charge in [-0.15, -0.1) is 0 Å². The van der Waals surface area contributed by atoms with Gasteiger partial charge < -0.3 is 5.11 Å². The van der Waals surface area contributed by atoms with E-state index in [4.69, 9.17) is 0 Å². The summed E-state index contributed by atoms with van der Waals surface area (Å²) in [6.07, 6.45) is 9.92. The van der Waals surface area contributed by atoms with Gasteiger partial charge in [0.15, 0.2) is 5.78 Å². The molecule has 17 heavy (non-hydrogen) atoms. The van der Waals surface area contributed by atoms with Gasteiger partial charge in [0.1, 0.15) is 0 Å². The zero-order chi connectivity index (χ0) is 12.7. The quantitative estimate of drug-likeness (QED) is 0.735. The van der Waals surface area contributed by atoms with Crippen LogP contribution in [0.15, 0.2) is 23.3 Å². The second kappa shape index (κ2) is 7.44. The second-order valence-corrected chi connectivity index (χ2v) is 4.77. The van der Waals surface area contributed by atoms with Crippen molar-refractivity contribution in [3.05, 3.63) is 23.3 Å². The lowest BCUT2D eigenvalue weighted by Crippen LogP contribution is -2.16. The van der Waals surface area contributed by atoms with Crippen LogP contribution in [0.1, 0.15) is 52.4 Å². The van der Waals surface area contributed by atoms with E-state index in [1.54, 1.807) is 0 Å². The van der Waals surface area contributed by atoms with E-state index in [9.17, 15) is 9.90 Å². The number of allylic oxidation sites excluding steroid dienone is 2. The van der Waals surface area contributed by atoms with Crippen LogP contribution in [0.3, 0.4) is 0 Å². The minimum atomic E-state index is 0.0476. The minimum absolute atomic E-state index is 0.0476. The van der Waals surface area contributed by atoms with Crippen LogP contribution in [0.5, 0.6) is 0 Å². The van der Waals surface area contributed by atoms with Gasteiger partial charge in [-0.2, -0.15) is 0 Å². The average molecular weight is 236 g/mol. The number of aliphatic hydroxyl groups excluding tert-OH is 1. The molecule has 0 aromatic rings. The molecule has 1 N–H and O–H groups in total. The SMILES string of the molecule is CCCCC1=CC(CO)C=C(CCCC)C1=O. The van der Waals surface area contributed by atoms with Gasteiger partial charge in [-0.25, -0.2) is 0 Å². The van der Waals surface area contributed by atoms with Crippen molar-refractivity contribution < 1.29 is 9.90 Å². The highest BCUT2D eigenvalue weighted by Gasteiger charge is 2.21. The number of hydrogen-bond donors (Lipinski definition) is 1. The highest BCUT2D eigenvalue weighted by Crippen LogP contribution is 2.25. The van der Waals surface area contributed by atoms with E-state index in [0.29, 0.717) is 0 Å². The van der Waals surface area contributed by atoms with E-state index in [1.165, 1.54) is 0 Å². The molecule has 1 aliphatic rings. The van der Waals surface area contributed by atoms with Crippen molar-refractivity contribution in [3.8, 4) is 0 Å². The molecule has 0 fully saturated rings. The Hall–Kier alpha value is -0.890. The molecule has 1 aliphatic carbocycles. The monoisotopic (exact) mass is 236 g/mol. The molecule has 2 nitrogen and oxygen atoms in total. The first-order chi connectivity index (χ1) is 8.22. The molecule has 0 aromatic heterocycles. The summed E-state index contributed by atoms with van der Waals surface area (Å²) in [5.74, 6) is 0.267. The van der Waals surface area contributed by atoms with Crippen molar-refractivity contribution in [1.29, 1.82) is 0 Å². The maximum Gasteiger partial charge on any atom is 0.184 e. The van der Waals surface area contributed by atoms with Crippen molar-refractivity contribution in [2.45, 2.75) is 52.4 Å². The standard InChI is InChI=1S/C15H24O2/c1-3-5-7-13-9-12(11-16)10-14(15(13)17)8-6-4-2/h9-10,12,16H,3-8,11H2,1-2H3. The Bertz CT molecular complexity index is 285. The molecule has 0 aliphatic heterocycles. The number of Topliss-reactive ketones (excluding diaryl/α,β-unsaturated/α-hetero) is 1. The van der Waals surface area contributed by atoms with Gasteiger partial charge >= 0.3 is 0 Å². The first kappa shape index (κ1) is 14.2. The highest BCUT2D eigenvalue weighted by molar-refractivity contribution is 6.09. The van der Waals surface area contributed by atoms with Crippen molar-refractivity contribution in [1.82, 2.24) is 0 Å². The van der Waals surface area contributed by atoms with Gasteiger partial charge in [0, 0.05) is 5.92 Å². The lowest BCUT2D eigenvalue weighted by atomic mass is 9.86. The molecule has 0 amide bonds. The summed E-state index contributed by atoms with van der Waals surface area (Å²) >= 11 is 0. The predicted octanol–water partition coefficient (Wildman–Crippen LogP) is 3.41. The molecule has 0 radical (unpaired) electrons. The first-order valence-corrected chi connectivity index (χ1v) is 6.79. The topological polar surface area (TPSA) is 37.3 Å². The van der Waals surface area contributed by atoms with E-state index in [1.807, 2.05) is 12.2 Å². The lowest BCUT2D eigenvalue weighted by molar-refractivity contribution is -0.112. The van der Waals surface area contributed by atoms with Crippen LogP contribution in [-0.2, 0) is 4.79 Å². The molecule has 0 atom stereocenters. The second-order valence-electron chi connectivity index (χ2n) is 4.77. The third kappa shape index (κ3) is 4.12. The van der Waals surface area contributed by atoms with Gasteiger partial charge in [0.2, 0.25) is 0 Å². The molecule has 96 valence electrons. The van der Waals surface area contributed by atoms with Crippen LogP contribution in [0.4, 0.5) is 0 Å². The summed E-state index contributed by atoms with van der Waals surface area (Å²) < 4.78 is 0. The largest absolute Gasteiger partial charge is 0.395 e. The van der Waals surface area contributed by atoms with Gasteiger partial charge in [-0.1, -0.05) is 38.8 Å². The van der Waals surface area contributed by atoms with E-state index >= 15 is 0 Å². The maximum absolute atomic E-state index is 12.2. The zero-order valence-electron chi connectivity index (χ0n) is 11.0. The van der Waals surface area contributed by atoms with Gasteiger partial charge in [0.05, 0.1) is 6.61 Å². The Labute approximate surface area is 104 Å². The van der Waals surface area contributed by atoms with Crippen LogP contribution < -0.4 is 0 Å². The molecular weight excluding hydrogens is 212 g/mol. The Kier molecular flexibility index (Phi) is 6.20. The fourth-order valence-electron chi connectivity index (χ4n) is 2.16. The third-order valence-electron chi connectivity index (χ3n) is 3.22. The maximum atomic E-state index is 12.2. The van der Waals surface area contributed by atoms with Crippen LogP contribution >= 0.6 is 0 Å². The normalized spacial score (nSPS) is 17.0. The number of carbonyl (C=O) groups is 1. The Morgan fingerprint density at radius 3 is 1.88 bits per heavy atom. The smallest absolute Gasteiger partial charge is 0.184 e. The molecule has 0 heterocycles. The summed E-state index contributed by atoms with van der Waals surface area (Å²) in [6.45, 7) is 4.37. The van der Waals surface area contributed by atoms with Gasteiger partial charge in [0.25, 0.3) is 0 Å². The zero-order valence-corrected chi connectivity index (χ0v) is 11.0. The lowest BCUT2D eigenvalue weighted by Gasteiger charge is -2.18. The van der Waals surface area contributed by atoms with Crippen LogP contribution in [0.25, 0.3) is 0 Å². The van der Waals surface area contributed by atoms with Crippen molar-refractivity contribution in [3.63, 3.8) is 0 Å². The van der Waals surface area contributed by atoms with E-state index in [2.05, 4.69) is 13.8 Å². The number of rotatable bonds is 7. The number of aliphatic hydroxyl groups is 1. The molecule has 0 spiro atoms. The minimum Gasteiger partial charge on any atom is -0.395 e. The summed E-state index contributed by atoms with van der Waals surface area (Å²) in [6, 6.07) is 0. The Morgan fingerprint density at radius 1 is 1.06 bits per heavy atom. The Morgan fingerprint density at radius 2 is 1.53 bits per heavy atom. The van der Waals surface area contributed by atoms with E-state index < -0.39 is 0 Å². The summed E-state index contributed by atoms with van der Waals surface area (Å²) in [5.41, 5.74) is 1.83. The fraction of sp³-hybridized carbons (Fsp3) is 0.667. The summed E-state index contributed by atoms with van der Waals surface area (Å²) in [7, 11) is 0. The van der Waals surface area contributed by atoms with E-state index in [-0.39, 0.29) is 18.3 Å². The van der Waals surface area contributed by atoms with Crippen LogP contribution in [-0.4, -0.2) is 17.5 Å². The first-order valence-electron chi connectivity index (χ1n) is 6.79. The third-order valence-corrected chi connectivity index (χ3v) is 3.22. The van der Waals surface area contributed by atoms with Crippen molar-refractivity contribution in [2.24, 2.45) is 5.92 Å². The summed E-state index contributed by atoms with van der Waals surface area (Å²) in [4.78, 5) is 12.2.